The van der Waals surface area contributed by atoms with Crippen molar-refractivity contribution in [1.82, 2.24) is 4.90 Å². The Morgan fingerprint density at radius 2 is 1.57 bits per heavy atom. The molecule has 61 heavy (non-hydrogen) atoms. The number of amides is 1. The second-order valence-corrected chi connectivity index (χ2v) is 20.2. The van der Waals surface area contributed by atoms with E-state index >= 15 is 4.79 Å². The van der Waals surface area contributed by atoms with E-state index in [1.807, 2.05) is 0 Å². The standard InChI is InChI=1S/C43H63NO17/c1-20-23(58-34(50)27(47)30(38(3,4)5)44-35(51)40(8,9)60-36(44)52)18-43(54)32(59-33(49)22-15-13-12-14-16-22)29-41(10,31(48)28(57-21(2)45)26(20)39(43,6)7)24(46)17-25-42(29,19-56-25)61-37(53)55-11/h22-25,27-30,32,35,46-47,51,54H,12-19H2,1-11H3/t23-,24?,25+,27+,28+,29?,30+,32-,35?,41+,42-,43+/m0/s1. The molecule has 5 fully saturated rings. The van der Waals surface area contributed by atoms with Crippen LogP contribution in [0, 0.1) is 28.1 Å². The number of carbonyl (C=O) groups excluding carboxylic acids is 6. The van der Waals surface area contributed by atoms with Gasteiger partial charge in [-0.1, -0.05) is 53.9 Å². The molecule has 0 aromatic heterocycles. The van der Waals surface area contributed by atoms with Crippen LogP contribution in [0.3, 0.4) is 0 Å². The van der Waals surface area contributed by atoms with Gasteiger partial charge in [0.05, 0.1) is 43.1 Å². The number of rotatable bonds is 8. The predicted molar refractivity (Wildman–Crippen MR) is 209 cm³/mol. The van der Waals surface area contributed by atoms with Gasteiger partial charge in [-0.25, -0.2) is 14.4 Å². The highest BCUT2D eigenvalue weighted by Crippen LogP contribution is 2.64. The van der Waals surface area contributed by atoms with Gasteiger partial charge in [-0.15, -0.1) is 0 Å². The summed E-state index contributed by atoms with van der Waals surface area (Å²) in [6, 6.07) is -1.42. The number of hydrogen-bond donors (Lipinski definition) is 4. The topological polar surface area (TPSA) is 251 Å². The Labute approximate surface area is 355 Å². The minimum absolute atomic E-state index is 0.0121. The third-order valence-electron chi connectivity index (χ3n) is 14.7. The number of ether oxygens (including phenoxy) is 7. The van der Waals surface area contributed by atoms with Gasteiger partial charge >= 0.3 is 30.2 Å². The monoisotopic (exact) mass is 865 g/mol. The zero-order chi connectivity index (χ0) is 45.6. The molecule has 2 saturated heterocycles. The molecule has 2 aliphatic heterocycles. The molecular formula is C43H63NO17. The molecule has 12 atom stereocenters. The summed E-state index contributed by atoms with van der Waals surface area (Å²) in [5.74, 6) is -5.94. The van der Waals surface area contributed by atoms with Crippen molar-refractivity contribution in [2.75, 3.05) is 13.7 Å². The van der Waals surface area contributed by atoms with E-state index in [1.54, 1.807) is 34.6 Å². The van der Waals surface area contributed by atoms with Gasteiger partial charge in [0.25, 0.3) is 0 Å². The largest absolute Gasteiger partial charge is 0.508 e. The van der Waals surface area contributed by atoms with Crippen LogP contribution in [0.2, 0.25) is 0 Å². The average molecular weight is 866 g/mol. The molecule has 4 aliphatic carbocycles. The minimum atomic E-state index is -2.39. The fourth-order valence-electron chi connectivity index (χ4n) is 11.2. The Morgan fingerprint density at radius 1 is 0.951 bits per heavy atom. The lowest BCUT2D eigenvalue weighted by Gasteiger charge is -2.67. The third-order valence-corrected chi connectivity index (χ3v) is 14.7. The molecule has 18 heteroatoms. The van der Waals surface area contributed by atoms with Crippen molar-refractivity contribution in [2.45, 2.75) is 180 Å². The molecule has 18 nitrogen and oxygen atoms in total. The molecule has 0 aromatic carbocycles. The highest BCUT2D eigenvalue weighted by Gasteiger charge is 2.78. The van der Waals surface area contributed by atoms with Crippen LogP contribution in [-0.2, 0) is 52.3 Å². The number of nitrogens with zero attached hydrogens (tertiary/aromatic N) is 1. The third kappa shape index (κ3) is 7.31. The normalized spacial score (nSPS) is 38.0. The maximum absolute atomic E-state index is 15.5. The van der Waals surface area contributed by atoms with Crippen molar-refractivity contribution >= 4 is 35.9 Å². The summed E-state index contributed by atoms with van der Waals surface area (Å²) in [5.41, 5.74) is -10.3. The summed E-state index contributed by atoms with van der Waals surface area (Å²) in [7, 11) is 1.08. The number of carbonyl (C=O) groups is 6. The van der Waals surface area contributed by atoms with Crippen LogP contribution in [0.5, 0.6) is 0 Å². The van der Waals surface area contributed by atoms with Gasteiger partial charge in [0.15, 0.2) is 35.4 Å². The van der Waals surface area contributed by atoms with Gasteiger partial charge < -0.3 is 53.6 Å². The van der Waals surface area contributed by atoms with Crippen molar-refractivity contribution in [1.29, 1.82) is 0 Å². The molecule has 342 valence electrons. The average Bonchev–Trinajstić information content (AvgIpc) is 3.36. The van der Waals surface area contributed by atoms with Crippen LogP contribution >= 0.6 is 0 Å². The fraction of sp³-hybridized carbons (Fsp3) is 0.814. The van der Waals surface area contributed by atoms with E-state index in [9.17, 15) is 44.4 Å². The lowest BCUT2D eigenvalue weighted by Crippen LogP contribution is -2.82. The molecule has 3 saturated carbocycles. The Bertz CT molecular complexity index is 1850. The molecule has 0 aromatic rings. The predicted octanol–water partition coefficient (Wildman–Crippen LogP) is 3.01. The molecular weight excluding hydrogens is 802 g/mol. The van der Waals surface area contributed by atoms with Crippen LogP contribution in [0.25, 0.3) is 0 Å². The number of cyclic esters (lactones) is 1. The first-order valence-electron chi connectivity index (χ1n) is 21.1. The molecule has 4 N–H and O–H groups in total. The smallest absolute Gasteiger partial charge is 0.459 e. The quantitative estimate of drug-likeness (QED) is 0.155. The van der Waals surface area contributed by atoms with Crippen molar-refractivity contribution in [3.63, 3.8) is 0 Å². The van der Waals surface area contributed by atoms with E-state index in [0.29, 0.717) is 12.8 Å². The van der Waals surface area contributed by atoms with E-state index < -0.39 is 136 Å². The van der Waals surface area contributed by atoms with Crippen molar-refractivity contribution in [2.24, 2.45) is 28.1 Å². The van der Waals surface area contributed by atoms with Crippen LogP contribution in [0.15, 0.2) is 11.1 Å². The van der Waals surface area contributed by atoms with Crippen molar-refractivity contribution in [3.05, 3.63) is 11.1 Å². The van der Waals surface area contributed by atoms with Gasteiger partial charge in [-0.05, 0) is 57.1 Å². The second kappa shape index (κ2) is 15.7. The molecule has 1 amide bonds. The summed E-state index contributed by atoms with van der Waals surface area (Å²) >= 11 is 0. The molecule has 6 rings (SSSR count). The Morgan fingerprint density at radius 3 is 2.08 bits per heavy atom. The van der Waals surface area contributed by atoms with E-state index in [4.69, 9.17) is 33.2 Å². The van der Waals surface area contributed by atoms with E-state index in [2.05, 4.69) is 0 Å². The first-order chi connectivity index (χ1) is 28.1. The van der Waals surface area contributed by atoms with Gasteiger partial charge in [-0.2, -0.15) is 0 Å². The zero-order valence-corrected chi connectivity index (χ0v) is 37.0. The van der Waals surface area contributed by atoms with Crippen LogP contribution < -0.4 is 0 Å². The maximum Gasteiger partial charge on any atom is 0.508 e. The first kappa shape index (κ1) is 46.7. The lowest BCUT2D eigenvalue weighted by molar-refractivity contribution is -0.346. The Hall–Kier alpha value is -3.84. The van der Waals surface area contributed by atoms with Crippen LogP contribution in [0.4, 0.5) is 9.59 Å². The van der Waals surface area contributed by atoms with Crippen LogP contribution in [-0.4, -0.2) is 141 Å². The summed E-state index contributed by atoms with van der Waals surface area (Å²) in [6.07, 6.45) is -11.1. The molecule has 2 heterocycles. The number of aliphatic hydroxyl groups is 4. The molecule has 6 aliphatic rings. The lowest BCUT2D eigenvalue weighted by atomic mass is 9.44. The number of methoxy groups -OCH3 is 1. The first-order valence-corrected chi connectivity index (χ1v) is 21.1. The number of fused-ring (bicyclic) bond motifs is 5. The highest BCUT2D eigenvalue weighted by atomic mass is 16.8. The molecule has 0 radical (unpaired) electrons. The molecule has 2 bridgehead atoms. The summed E-state index contributed by atoms with van der Waals surface area (Å²) in [6.45, 7) is 14.6. The van der Waals surface area contributed by atoms with E-state index in [0.717, 1.165) is 38.2 Å². The second-order valence-electron chi connectivity index (χ2n) is 20.2. The minimum Gasteiger partial charge on any atom is -0.459 e. The molecule has 3 unspecified atom stereocenters. The summed E-state index contributed by atoms with van der Waals surface area (Å²) in [5, 5.41) is 48.8. The van der Waals surface area contributed by atoms with Gasteiger partial charge in [-0.3, -0.25) is 19.3 Å². The number of ketones is 1. The van der Waals surface area contributed by atoms with Gasteiger partial charge in [0, 0.05) is 25.2 Å². The summed E-state index contributed by atoms with van der Waals surface area (Å²) < 4.78 is 40.6. The number of esters is 3. The Kier molecular flexibility index (Phi) is 12.0. The fourth-order valence-corrected chi connectivity index (χ4v) is 11.2. The SMILES string of the molecule is COC(=O)O[C@@]12CO[C@@H]1CC(O)[C@@]1(C)C(=O)[C@H](OC(C)=O)C3=C(C)[C@@H](OC(=O)[C@H](O)[C@@H](N4C(=O)OC(C)(C)C4O)C(C)(C)C)C[C@@](O)([C@@H](OC(=O)C4CCCCC4)C12)C3(C)C. The maximum atomic E-state index is 15.5. The van der Waals surface area contributed by atoms with Gasteiger partial charge in [0.2, 0.25) is 0 Å². The number of aliphatic hydroxyl groups excluding tert-OH is 3. The van der Waals surface area contributed by atoms with Gasteiger partial charge in [0.1, 0.15) is 23.9 Å². The number of hydrogen-bond acceptors (Lipinski definition) is 17. The summed E-state index contributed by atoms with van der Waals surface area (Å²) in [4.78, 5) is 84.4. The van der Waals surface area contributed by atoms with Crippen molar-refractivity contribution < 1.29 is 82.4 Å². The van der Waals surface area contributed by atoms with E-state index in [1.165, 1.54) is 27.7 Å². The van der Waals surface area contributed by atoms with Crippen LogP contribution in [0.1, 0.15) is 114 Å². The Balaban J connectivity index is 1.55. The number of Topliss-reactive ketones (excluding diaryl/α,β-unsaturated/α-hetero) is 1. The van der Waals surface area contributed by atoms with E-state index in [-0.39, 0.29) is 24.2 Å². The van der Waals surface area contributed by atoms with Crippen molar-refractivity contribution in [3.8, 4) is 0 Å². The highest BCUT2D eigenvalue weighted by molar-refractivity contribution is 5.95. The molecule has 0 spiro atoms. The zero-order valence-electron chi connectivity index (χ0n) is 37.0.